The van der Waals surface area contributed by atoms with Crippen LogP contribution in [0.1, 0.15) is 5.89 Å². The quantitative estimate of drug-likeness (QED) is 0.667. The van der Waals surface area contributed by atoms with Crippen LogP contribution in [0.3, 0.4) is 0 Å². The average molecular weight is 399 g/mol. The first-order valence-corrected chi connectivity index (χ1v) is 9.38. The van der Waals surface area contributed by atoms with E-state index in [1.807, 2.05) is 36.4 Å². The number of para-hydroxylation sites is 1. The highest BCUT2D eigenvalue weighted by Gasteiger charge is 2.24. The summed E-state index contributed by atoms with van der Waals surface area (Å²) in [5.41, 5.74) is 0.719. The minimum absolute atomic E-state index is 0.329. The van der Waals surface area contributed by atoms with Gasteiger partial charge in [0.2, 0.25) is 11.8 Å². The van der Waals surface area contributed by atoms with E-state index in [9.17, 15) is 4.79 Å². The maximum absolute atomic E-state index is 12.3. The summed E-state index contributed by atoms with van der Waals surface area (Å²) < 4.78 is 11.1. The molecular weight excluding hydrogens is 380 g/mol. The van der Waals surface area contributed by atoms with Crippen LogP contribution in [-0.2, 0) is 6.54 Å². The lowest BCUT2D eigenvalue weighted by Crippen LogP contribution is -2.49. The molecule has 1 aliphatic heterocycles. The predicted octanol–water partition coefficient (Wildman–Crippen LogP) is 3.71. The van der Waals surface area contributed by atoms with Gasteiger partial charge in [0.25, 0.3) is 0 Å². The van der Waals surface area contributed by atoms with Crippen molar-refractivity contribution in [1.29, 1.82) is 0 Å². The molecule has 8 heteroatoms. The SMILES string of the molecule is O=C(Oc1ccccc1)N1CCN(Cc2nnc(-c3ccccc3Cl)o2)CC1. The van der Waals surface area contributed by atoms with Crippen molar-refractivity contribution < 1.29 is 13.9 Å². The molecule has 1 aliphatic rings. The van der Waals surface area contributed by atoms with Crippen molar-refractivity contribution in [1.82, 2.24) is 20.0 Å². The van der Waals surface area contributed by atoms with Crippen molar-refractivity contribution in [2.75, 3.05) is 26.2 Å². The first-order valence-electron chi connectivity index (χ1n) is 9.00. The van der Waals surface area contributed by atoms with E-state index >= 15 is 0 Å². The molecule has 0 spiro atoms. The molecule has 2 heterocycles. The number of benzene rings is 2. The van der Waals surface area contributed by atoms with Gasteiger partial charge >= 0.3 is 6.09 Å². The van der Waals surface area contributed by atoms with Crippen LogP contribution < -0.4 is 4.74 Å². The second-order valence-corrected chi connectivity index (χ2v) is 6.83. The molecule has 1 amide bonds. The van der Waals surface area contributed by atoms with Crippen LogP contribution in [-0.4, -0.2) is 52.3 Å². The molecule has 2 aromatic carbocycles. The summed E-state index contributed by atoms with van der Waals surface area (Å²) in [5.74, 6) is 1.48. The highest BCUT2D eigenvalue weighted by molar-refractivity contribution is 6.33. The molecule has 0 N–H and O–H groups in total. The lowest BCUT2D eigenvalue weighted by atomic mass is 10.2. The lowest BCUT2D eigenvalue weighted by Gasteiger charge is -2.33. The van der Waals surface area contributed by atoms with Crippen molar-refractivity contribution in [2.45, 2.75) is 6.54 Å². The summed E-state index contributed by atoms with van der Waals surface area (Å²) in [6.07, 6.45) is -0.329. The van der Waals surface area contributed by atoms with E-state index in [2.05, 4.69) is 15.1 Å². The molecule has 4 rings (SSSR count). The molecule has 144 valence electrons. The summed E-state index contributed by atoms with van der Waals surface area (Å²) in [6, 6.07) is 16.4. The average Bonchev–Trinajstić information content (AvgIpc) is 3.18. The normalized spacial score (nSPS) is 14.8. The highest BCUT2D eigenvalue weighted by atomic mass is 35.5. The number of nitrogens with zero attached hydrogens (tertiary/aromatic N) is 4. The number of aromatic nitrogens is 2. The second kappa shape index (κ2) is 8.41. The van der Waals surface area contributed by atoms with Gasteiger partial charge < -0.3 is 14.1 Å². The number of ether oxygens (including phenoxy) is 1. The molecule has 1 fully saturated rings. The Morgan fingerprint density at radius 1 is 1.00 bits per heavy atom. The van der Waals surface area contributed by atoms with Gasteiger partial charge in [0, 0.05) is 26.2 Å². The molecule has 1 saturated heterocycles. The fourth-order valence-electron chi connectivity index (χ4n) is 2.99. The van der Waals surface area contributed by atoms with Gasteiger partial charge in [-0.2, -0.15) is 0 Å². The molecule has 0 aliphatic carbocycles. The number of hydrogen-bond donors (Lipinski definition) is 0. The Labute approximate surface area is 167 Å². The minimum Gasteiger partial charge on any atom is -0.419 e. The second-order valence-electron chi connectivity index (χ2n) is 6.43. The monoisotopic (exact) mass is 398 g/mol. The van der Waals surface area contributed by atoms with Crippen molar-refractivity contribution in [3.63, 3.8) is 0 Å². The molecule has 0 radical (unpaired) electrons. The maximum atomic E-state index is 12.3. The Balaban J connectivity index is 1.30. The van der Waals surface area contributed by atoms with Crippen molar-refractivity contribution in [3.8, 4) is 17.2 Å². The Morgan fingerprint density at radius 2 is 1.71 bits per heavy atom. The number of piperazine rings is 1. The Bertz CT molecular complexity index is 939. The van der Waals surface area contributed by atoms with Crippen LogP contribution in [0, 0.1) is 0 Å². The van der Waals surface area contributed by atoms with Crippen molar-refractivity contribution in [3.05, 3.63) is 65.5 Å². The van der Waals surface area contributed by atoms with E-state index in [0.717, 1.165) is 5.56 Å². The van der Waals surface area contributed by atoms with Gasteiger partial charge in [-0.1, -0.05) is 41.9 Å². The van der Waals surface area contributed by atoms with Gasteiger partial charge in [-0.3, -0.25) is 4.90 Å². The number of amides is 1. The molecule has 7 nitrogen and oxygen atoms in total. The molecule has 1 aromatic heterocycles. The zero-order chi connectivity index (χ0) is 19.3. The Morgan fingerprint density at radius 3 is 2.46 bits per heavy atom. The minimum atomic E-state index is -0.329. The summed E-state index contributed by atoms with van der Waals surface area (Å²) in [4.78, 5) is 16.1. The van der Waals surface area contributed by atoms with Crippen LogP contribution in [0.4, 0.5) is 4.79 Å². The first kappa shape index (κ1) is 18.5. The van der Waals surface area contributed by atoms with E-state index < -0.39 is 0 Å². The molecule has 3 aromatic rings. The van der Waals surface area contributed by atoms with E-state index in [4.69, 9.17) is 20.8 Å². The number of carbonyl (C=O) groups excluding carboxylic acids is 1. The zero-order valence-electron chi connectivity index (χ0n) is 15.1. The van der Waals surface area contributed by atoms with E-state index in [1.165, 1.54) is 0 Å². The third kappa shape index (κ3) is 4.32. The summed E-state index contributed by atoms with van der Waals surface area (Å²) in [5, 5.41) is 8.78. The van der Waals surface area contributed by atoms with E-state index in [1.54, 1.807) is 23.1 Å². The van der Waals surface area contributed by atoms with Crippen LogP contribution in [0.2, 0.25) is 5.02 Å². The summed E-state index contributed by atoms with van der Waals surface area (Å²) >= 11 is 6.18. The van der Waals surface area contributed by atoms with Gasteiger partial charge in [-0.15, -0.1) is 10.2 Å². The molecule has 0 unspecified atom stereocenters. The summed E-state index contributed by atoms with van der Waals surface area (Å²) in [7, 11) is 0. The molecular formula is C20H19ClN4O3. The Hall–Kier alpha value is -2.90. The Kier molecular flexibility index (Phi) is 5.55. The summed E-state index contributed by atoms with van der Waals surface area (Å²) in [6.45, 7) is 3.09. The third-order valence-corrected chi connectivity index (χ3v) is 4.84. The van der Waals surface area contributed by atoms with Gasteiger partial charge in [0.15, 0.2) is 0 Å². The third-order valence-electron chi connectivity index (χ3n) is 4.51. The lowest BCUT2D eigenvalue weighted by molar-refractivity contribution is 0.104. The smallest absolute Gasteiger partial charge is 0.415 e. The van der Waals surface area contributed by atoms with Gasteiger partial charge in [0.05, 0.1) is 17.1 Å². The standard InChI is InChI=1S/C20H19ClN4O3/c21-17-9-5-4-8-16(17)19-23-22-18(28-19)14-24-10-12-25(13-11-24)20(26)27-15-6-2-1-3-7-15/h1-9H,10-14H2. The fraction of sp³-hybridized carbons (Fsp3) is 0.250. The number of carbonyl (C=O) groups is 1. The van der Waals surface area contributed by atoms with Crippen molar-refractivity contribution in [2.24, 2.45) is 0 Å². The molecule has 0 atom stereocenters. The zero-order valence-corrected chi connectivity index (χ0v) is 15.9. The first-order chi connectivity index (χ1) is 13.7. The van der Waals surface area contributed by atoms with E-state index in [-0.39, 0.29) is 6.09 Å². The number of rotatable bonds is 4. The largest absolute Gasteiger partial charge is 0.419 e. The van der Waals surface area contributed by atoms with Gasteiger partial charge in [-0.05, 0) is 24.3 Å². The van der Waals surface area contributed by atoms with Crippen LogP contribution >= 0.6 is 11.6 Å². The fourth-order valence-corrected chi connectivity index (χ4v) is 3.21. The topological polar surface area (TPSA) is 71.7 Å². The molecule has 0 saturated carbocycles. The van der Waals surface area contributed by atoms with Crippen LogP contribution in [0.5, 0.6) is 5.75 Å². The van der Waals surface area contributed by atoms with Crippen LogP contribution in [0.25, 0.3) is 11.5 Å². The van der Waals surface area contributed by atoms with Gasteiger partial charge in [0.1, 0.15) is 5.75 Å². The molecule has 28 heavy (non-hydrogen) atoms. The predicted molar refractivity (Wildman–Crippen MR) is 104 cm³/mol. The molecule has 0 bridgehead atoms. The number of hydrogen-bond acceptors (Lipinski definition) is 6. The van der Waals surface area contributed by atoms with Crippen molar-refractivity contribution >= 4 is 17.7 Å². The van der Waals surface area contributed by atoms with Crippen LogP contribution in [0.15, 0.2) is 59.0 Å². The van der Waals surface area contributed by atoms with E-state index in [0.29, 0.717) is 55.3 Å². The van der Waals surface area contributed by atoms with Gasteiger partial charge in [-0.25, -0.2) is 4.79 Å². The highest BCUT2D eigenvalue weighted by Crippen LogP contribution is 2.26. The number of halogens is 1. The maximum Gasteiger partial charge on any atom is 0.415 e.